The number of nitrogens with one attached hydrogen (secondary N) is 1. The lowest BCUT2D eigenvalue weighted by molar-refractivity contribution is 0.0938. The molecule has 0 aliphatic rings. The van der Waals surface area contributed by atoms with Gasteiger partial charge < -0.3 is 15.0 Å². The van der Waals surface area contributed by atoms with Crippen LogP contribution in [-0.4, -0.2) is 43.8 Å². The molecule has 0 radical (unpaired) electrons. The van der Waals surface area contributed by atoms with Gasteiger partial charge in [0, 0.05) is 20.2 Å². The monoisotopic (exact) mass is 230 g/mol. The molecule has 0 heterocycles. The Labute approximate surface area is 99.3 Å². The SMILES string of the molecule is CCCN(C)C(=O)N[C@@H](C)COCC(C)C. The topological polar surface area (TPSA) is 41.6 Å². The Morgan fingerprint density at radius 1 is 1.31 bits per heavy atom. The van der Waals surface area contributed by atoms with E-state index in [2.05, 4.69) is 26.1 Å². The molecule has 0 aromatic carbocycles. The van der Waals surface area contributed by atoms with Crippen molar-refractivity contribution >= 4 is 6.03 Å². The summed E-state index contributed by atoms with van der Waals surface area (Å²) in [5, 5.41) is 2.90. The average Bonchev–Trinajstić information content (AvgIpc) is 2.17. The Kier molecular flexibility index (Phi) is 7.99. The van der Waals surface area contributed by atoms with Gasteiger partial charge in [-0.15, -0.1) is 0 Å². The number of rotatable bonds is 7. The lowest BCUT2D eigenvalue weighted by Crippen LogP contribution is -2.44. The molecule has 4 heteroatoms. The number of hydrogen-bond acceptors (Lipinski definition) is 2. The molecule has 0 saturated heterocycles. The van der Waals surface area contributed by atoms with E-state index in [-0.39, 0.29) is 12.1 Å². The predicted octanol–water partition coefficient (Wildman–Crippen LogP) is 2.10. The summed E-state index contributed by atoms with van der Waals surface area (Å²) in [6, 6.07) is 0.0352. The molecule has 0 aromatic rings. The van der Waals surface area contributed by atoms with Crippen molar-refractivity contribution in [2.24, 2.45) is 5.92 Å². The van der Waals surface area contributed by atoms with E-state index in [0.29, 0.717) is 12.5 Å². The van der Waals surface area contributed by atoms with E-state index < -0.39 is 0 Å². The van der Waals surface area contributed by atoms with Crippen LogP contribution in [0.1, 0.15) is 34.1 Å². The van der Waals surface area contributed by atoms with Crippen molar-refractivity contribution < 1.29 is 9.53 Å². The van der Waals surface area contributed by atoms with Gasteiger partial charge in [0.1, 0.15) is 0 Å². The van der Waals surface area contributed by atoms with E-state index in [4.69, 9.17) is 4.74 Å². The van der Waals surface area contributed by atoms with Crippen LogP contribution in [0, 0.1) is 5.92 Å². The van der Waals surface area contributed by atoms with Gasteiger partial charge in [-0.3, -0.25) is 0 Å². The van der Waals surface area contributed by atoms with Crippen LogP contribution in [0.4, 0.5) is 4.79 Å². The number of urea groups is 1. The highest BCUT2D eigenvalue weighted by molar-refractivity contribution is 5.74. The lowest BCUT2D eigenvalue weighted by Gasteiger charge is -2.21. The van der Waals surface area contributed by atoms with Crippen molar-refractivity contribution in [3.63, 3.8) is 0 Å². The van der Waals surface area contributed by atoms with Gasteiger partial charge in [-0.25, -0.2) is 4.79 Å². The zero-order valence-corrected chi connectivity index (χ0v) is 11.2. The molecule has 4 nitrogen and oxygen atoms in total. The van der Waals surface area contributed by atoms with Crippen LogP contribution in [0.15, 0.2) is 0 Å². The average molecular weight is 230 g/mol. The van der Waals surface area contributed by atoms with E-state index in [9.17, 15) is 4.79 Å². The number of carbonyl (C=O) groups excluding carboxylic acids is 1. The summed E-state index contributed by atoms with van der Waals surface area (Å²) in [5.74, 6) is 0.533. The standard InChI is InChI=1S/C12H26N2O2/c1-6-7-14(5)12(15)13-11(4)9-16-8-10(2)3/h10-11H,6-9H2,1-5H3,(H,13,15)/t11-/m0/s1. The molecule has 0 rings (SSSR count). The highest BCUT2D eigenvalue weighted by atomic mass is 16.5. The van der Waals surface area contributed by atoms with Crippen LogP contribution in [0.3, 0.4) is 0 Å². The molecule has 0 bridgehead atoms. The summed E-state index contributed by atoms with van der Waals surface area (Å²) in [6.45, 7) is 10.3. The van der Waals surface area contributed by atoms with Crippen LogP contribution in [0.5, 0.6) is 0 Å². The summed E-state index contributed by atoms with van der Waals surface area (Å²) in [6.07, 6.45) is 0.974. The Bertz CT molecular complexity index is 195. The molecule has 0 aliphatic carbocycles. The maximum absolute atomic E-state index is 11.6. The molecule has 96 valence electrons. The number of ether oxygens (including phenoxy) is 1. The number of amides is 2. The van der Waals surface area contributed by atoms with Gasteiger partial charge in [0.15, 0.2) is 0 Å². The van der Waals surface area contributed by atoms with Crippen molar-refractivity contribution in [1.82, 2.24) is 10.2 Å². The maximum Gasteiger partial charge on any atom is 0.317 e. The summed E-state index contributed by atoms with van der Waals surface area (Å²) in [5.41, 5.74) is 0. The summed E-state index contributed by atoms with van der Waals surface area (Å²) < 4.78 is 5.46. The molecule has 1 atom stereocenters. The second-order valence-corrected chi connectivity index (χ2v) is 4.70. The maximum atomic E-state index is 11.6. The highest BCUT2D eigenvalue weighted by Crippen LogP contribution is 1.95. The van der Waals surface area contributed by atoms with Crippen molar-refractivity contribution in [2.45, 2.75) is 40.2 Å². The Morgan fingerprint density at radius 2 is 1.94 bits per heavy atom. The van der Waals surface area contributed by atoms with Gasteiger partial charge in [0.25, 0.3) is 0 Å². The Balaban J connectivity index is 3.69. The normalized spacial score (nSPS) is 12.6. The van der Waals surface area contributed by atoms with Crippen LogP contribution in [0.2, 0.25) is 0 Å². The second-order valence-electron chi connectivity index (χ2n) is 4.70. The fraction of sp³-hybridized carbons (Fsp3) is 0.917. The zero-order valence-electron chi connectivity index (χ0n) is 11.2. The molecule has 0 fully saturated rings. The van der Waals surface area contributed by atoms with E-state index in [0.717, 1.165) is 19.6 Å². The summed E-state index contributed by atoms with van der Waals surface area (Å²) >= 11 is 0. The minimum atomic E-state index is -0.0255. The molecule has 0 saturated carbocycles. The number of hydrogen-bond donors (Lipinski definition) is 1. The smallest absolute Gasteiger partial charge is 0.317 e. The molecule has 0 unspecified atom stereocenters. The lowest BCUT2D eigenvalue weighted by atomic mass is 10.2. The molecule has 2 amide bonds. The fourth-order valence-electron chi connectivity index (χ4n) is 1.28. The van der Waals surface area contributed by atoms with Gasteiger partial charge in [0.05, 0.1) is 12.6 Å². The van der Waals surface area contributed by atoms with Gasteiger partial charge in [-0.1, -0.05) is 20.8 Å². The van der Waals surface area contributed by atoms with Crippen LogP contribution in [0.25, 0.3) is 0 Å². The van der Waals surface area contributed by atoms with E-state index in [1.165, 1.54) is 0 Å². The minimum Gasteiger partial charge on any atom is -0.379 e. The van der Waals surface area contributed by atoms with E-state index >= 15 is 0 Å². The minimum absolute atomic E-state index is 0.0255. The largest absolute Gasteiger partial charge is 0.379 e. The van der Waals surface area contributed by atoms with E-state index in [1.807, 2.05) is 6.92 Å². The van der Waals surface area contributed by atoms with Crippen molar-refractivity contribution in [1.29, 1.82) is 0 Å². The summed E-state index contributed by atoms with van der Waals surface area (Å²) in [7, 11) is 1.81. The molecule has 1 N–H and O–H groups in total. The first-order valence-corrected chi connectivity index (χ1v) is 6.06. The first-order valence-electron chi connectivity index (χ1n) is 6.06. The third kappa shape index (κ3) is 7.51. The van der Waals surface area contributed by atoms with Crippen LogP contribution in [-0.2, 0) is 4.74 Å². The van der Waals surface area contributed by atoms with Gasteiger partial charge >= 0.3 is 6.03 Å². The molecule has 0 spiro atoms. The second kappa shape index (κ2) is 8.39. The van der Waals surface area contributed by atoms with E-state index in [1.54, 1.807) is 11.9 Å². The molecular weight excluding hydrogens is 204 g/mol. The Hall–Kier alpha value is -0.770. The van der Waals surface area contributed by atoms with Gasteiger partial charge in [-0.2, -0.15) is 0 Å². The summed E-state index contributed by atoms with van der Waals surface area (Å²) in [4.78, 5) is 13.3. The van der Waals surface area contributed by atoms with Gasteiger partial charge in [0.2, 0.25) is 0 Å². The predicted molar refractivity (Wildman–Crippen MR) is 66.6 cm³/mol. The van der Waals surface area contributed by atoms with Crippen molar-refractivity contribution in [3.8, 4) is 0 Å². The molecule has 0 aliphatic heterocycles. The third-order valence-corrected chi connectivity index (χ3v) is 2.09. The van der Waals surface area contributed by atoms with Crippen LogP contribution < -0.4 is 5.32 Å². The van der Waals surface area contributed by atoms with Crippen molar-refractivity contribution in [3.05, 3.63) is 0 Å². The highest BCUT2D eigenvalue weighted by Gasteiger charge is 2.11. The fourth-order valence-corrected chi connectivity index (χ4v) is 1.28. The quantitative estimate of drug-likeness (QED) is 0.727. The Morgan fingerprint density at radius 3 is 2.44 bits per heavy atom. The molecule has 0 aromatic heterocycles. The number of carbonyl (C=O) groups is 1. The first kappa shape index (κ1) is 15.2. The molecule has 16 heavy (non-hydrogen) atoms. The van der Waals surface area contributed by atoms with Crippen molar-refractivity contribution in [2.75, 3.05) is 26.8 Å². The zero-order chi connectivity index (χ0) is 12.6. The third-order valence-electron chi connectivity index (χ3n) is 2.09. The van der Waals surface area contributed by atoms with Gasteiger partial charge in [-0.05, 0) is 19.3 Å². The molecular formula is C12H26N2O2. The van der Waals surface area contributed by atoms with Crippen LogP contribution >= 0.6 is 0 Å². The first-order chi connectivity index (χ1) is 7.47. The number of nitrogens with zero attached hydrogens (tertiary/aromatic N) is 1.